The van der Waals surface area contributed by atoms with E-state index in [1.54, 1.807) is 6.33 Å². The summed E-state index contributed by atoms with van der Waals surface area (Å²) >= 11 is 0. The van der Waals surface area contributed by atoms with Gasteiger partial charge in [-0.15, -0.1) is 0 Å². The van der Waals surface area contributed by atoms with Crippen molar-refractivity contribution in [3.05, 3.63) is 90.1 Å². The Morgan fingerprint density at radius 3 is 2.77 bits per heavy atom. The topological polar surface area (TPSA) is 103 Å². The second kappa shape index (κ2) is 9.53. The molecule has 9 nitrogen and oxygen atoms in total. The summed E-state index contributed by atoms with van der Waals surface area (Å²) in [5, 5.41) is 7.43. The van der Waals surface area contributed by atoms with E-state index < -0.39 is 0 Å². The highest BCUT2D eigenvalue weighted by Crippen LogP contribution is 2.46. The zero-order chi connectivity index (χ0) is 27.2. The standard InChI is InChI=1S/C31H26N6O3/c1-18-4-3-5-25(35-18)40-23-10-11-24-21(14-23)15-32-29-27-26(24)28(37(2)30(27)34-17-33-29)19-6-8-22(9-7-19)36-31(38)20-12-13-39-16-20/h3-11,14,16-17H,12-13,15H2,1-2H3,(H,36,38)(H,32,33,34). The number of ether oxygens (including phenoxy) is 2. The van der Waals surface area contributed by atoms with Gasteiger partial charge < -0.3 is 24.7 Å². The van der Waals surface area contributed by atoms with Gasteiger partial charge in [-0.25, -0.2) is 15.0 Å². The van der Waals surface area contributed by atoms with Crippen molar-refractivity contribution < 1.29 is 14.3 Å². The Morgan fingerprint density at radius 1 is 1.10 bits per heavy atom. The minimum absolute atomic E-state index is 0.139. The van der Waals surface area contributed by atoms with Gasteiger partial charge in [-0.05, 0) is 53.9 Å². The molecule has 2 aromatic carbocycles. The van der Waals surface area contributed by atoms with Gasteiger partial charge in [0, 0.05) is 43.0 Å². The first-order chi connectivity index (χ1) is 19.5. The summed E-state index contributed by atoms with van der Waals surface area (Å²) in [6.07, 6.45) is 3.74. The summed E-state index contributed by atoms with van der Waals surface area (Å²) < 4.78 is 13.4. The molecule has 3 aromatic heterocycles. The number of hydrogen-bond donors (Lipinski definition) is 2. The summed E-state index contributed by atoms with van der Waals surface area (Å²) in [6, 6.07) is 19.7. The van der Waals surface area contributed by atoms with Crippen molar-refractivity contribution in [3.8, 4) is 34.0 Å². The van der Waals surface area contributed by atoms with Crippen molar-refractivity contribution in [2.24, 2.45) is 7.05 Å². The van der Waals surface area contributed by atoms with Gasteiger partial charge in [0.15, 0.2) is 0 Å². The Kier molecular flexibility index (Phi) is 5.70. The van der Waals surface area contributed by atoms with Gasteiger partial charge in [0.2, 0.25) is 5.88 Å². The lowest BCUT2D eigenvalue weighted by Crippen LogP contribution is -2.13. The number of nitrogens with zero attached hydrogens (tertiary/aromatic N) is 4. The van der Waals surface area contributed by atoms with E-state index in [9.17, 15) is 4.79 Å². The SMILES string of the molecule is Cc1cccc(Oc2ccc3c(c2)CNc2ncnc4c2c-3c(-c2ccc(NC(=O)C3=COCC3)cc2)n4C)n1. The molecule has 2 N–H and O–H groups in total. The number of hydrogen-bond acceptors (Lipinski definition) is 7. The van der Waals surface area contributed by atoms with Crippen molar-refractivity contribution in [1.82, 2.24) is 19.5 Å². The van der Waals surface area contributed by atoms with Crippen LogP contribution in [0.25, 0.3) is 33.4 Å². The fraction of sp³-hybridized carbons (Fsp3) is 0.161. The number of rotatable bonds is 5. The predicted molar refractivity (Wildman–Crippen MR) is 153 cm³/mol. The van der Waals surface area contributed by atoms with Crippen LogP contribution in [0.5, 0.6) is 11.6 Å². The second-order valence-corrected chi connectivity index (χ2v) is 9.89. The van der Waals surface area contributed by atoms with Crippen LogP contribution < -0.4 is 15.4 Å². The summed E-state index contributed by atoms with van der Waals surface area (Å²) in [5.74, 6) is 1.92. The van der Waals surface area contributed by atoms with E-state index >= 15 is 0 Å². The first kappa shape index (κ1) is 23.9. The van der Waals surface area contributed by atoms with Gasteiger partial charge >= 0.3 is 0 Å². The van der Waals surface area contributed by atoms with E-state index in [-0.39, 0.29) is 5.91 Å². The molecule has 2 aliphatic rings. The number of aryl methyl sites for hydroxylation is 2. The van der Waals surface area contributed by atoms with E-state index in [1.807, 2.05) is 68.6 Å². The fourth-order valence-corrected chi connectivity index (χ4v) is 5.36. The van der Waals surface area contributed by atoms with Crippen molar-refractivity contribution in [3.63, 3.8) is 0 Å². The quantitative estimate of drug-likeness (QED) is 0.289. The molecule has 0 saturated carbocycles. The highest BCUT2D eigenvalue weighted by atomic mass is 16.5. The van der Waals surface area contributed by atoms with Gasteiger partial charge in [0.05, 0.1) is 29.5 Å². The smallest absolute Gasteiger partial charge is 0.254 e. The van der Waals surface area contributed by atoms with E-state index in [1.165, 1.54) is 6.26 Å². The summed E-state index contributed by atoms with van der Waals surface area (Å²) in [6.45, 7) is 3.07. The lowest BCUT2D eigenvalue weighted by Gasteiger charge is -2.14. The summed E-state index contributed by atoms with van der Waals surface area (Å²) in [7, 11) is 2.02. The zero-order valence-corrected chi connectivity index (χ0v) is 22.1. The molecule has 0 aliphatic carbocycles. The minimum atomic E-state index is -0.139. The van der Waals surface area contributed by atoms with Crippen LogP contribution in [0.4, 0.5) is 11.5 Å². The fourth-order valence-electron chi connectivity index (χ4n) is 5.36. The number of carbonyl (C=O) groups excluding carboxylic acids is 1. The third kappa shape index (κ3) is 4.12. The van der Waals surface area contributed by atoms with Crippen LogP contribution in [0.15, 0.2) is 78.8 Å². The first-order valence-electron chi connectivity index (χ1n) is 13.1. The average molecular weight is 531 g/mol. The van der Waals surface area contributed by atoms with E-state index in [0.29, 0.717) is 36.8 Å². The molecule has 40 heavy (non-hydrogen) atoms. The highest BCUT2D eigenvalue weighted by molar-refractivity contribution is 6.10. The maximum Gasteiger partial charge on any atom is 0.254 e. The Hall–Kier alpha value is -5.18. The second-order valence-electron chi connectivity index (χ2n) is 9.89. The number of amides is 1. The number of carbonyl (C=O) groups is 1. The Bertz CT molecular complexity index is 1820. The molecule has 0 saturated heterocycles. The minimum Gasteiger partial charge on any atom is -0.500 e. The first-order valence-corrected chi connectivity index (χ1v) is 13.1. The zero-order valence-electron chi connectivity index (χ0n) is 22.1. The van der Waals surface area contributed by atoms with Crippen LogP contribution in [-0.2, 0) is 23.1 Å². The average Bonchev–Trinajstić information content (AvgIpc) is 3.56. The maximum atomic E-state index is 12.5. The van der Waals surface area contributed by atoms with Crippen molar-refractivity contribution in [2.45, 2.75) is 19.9 Å². The number of pyridine rings is 1. The molecule has 2 aliphatic heterocycles. The maximum absolute atomic E-state index is 12.5. The van der Waals surface area contributed by atoms with Crippen molar-refractivity contribution >= 4 is 28.4 Å². The molecule has 198 valence electrons. The summed E-state index contributed by atoms with van der Waals surface area (Å²) in [4.78, 5) is 26.2. The Morgan fingerprint density at radius 2 is 1.98 bits per heavy atom. The van der Waals surface area contributed by atoms with Gasteiger partial charge in [-0.3, -0.25) is 4.79 Å². The van der Waals surface area contributed by atoms with Crippen molar-refractivity contribution in [2.75, 3.05) is 17.2 Å². The molecule has 0 fully saturated rings. The molecule has 5 heterocycles. The molecule has 0 unspecified atom stereocenters. The number of fused-ring (bicyclic) bond motifs is 2. The highest BCUT2D eigenvalue weighted by Gasteiger charge is 2.26. The van der Waals surface area contributed by atoms with Crippen LogP contribution >= 0.6 is 0 Å². The van der Waals surface area contributed by atoms with Gasteiger partial charge in [0.1, 0.15) is 23.5 Å². The van der Waals surface area contributed by atoms with E-state index in [2.05, 4.69) is 36.2 Å². The van der Waals surface area contributed by atoms with Crippen LogP contribution in [0, 0.1) is 6.92 Å². The number of aromatic nitrogens is 4. The number of nitrogens with one attached hydrogen (secondary N) is 2. The van der Waals surface area contributed by atoms with Gasteiger partial charge in [-0.2, -0.15) is 0 Å². The molecule has 1 amide bonds. The lowest BCUT2D eigenvalue weighted by molar-refractivity contribution is -0.112. The number of anilines is 2. The van der Waals surface area contributed by atoms with Crippen molar-refractivity contribution in [1.29, 1.82) is 0 Å². The monoisotopic (exact) mass is 530 g/mol. The number of benzene rings is 2. The van der Waals surface area contributed by atoms with Crippen LogP contribution in [0.1, 0.15) is 17.7 Å². The van der Waals surface area contributed by atoms with Gasteiger partial charge in [0.25, 0.3) is 5.91 Å². The Balaban J connectivity index is 1.30. The molecular weight excluding hydrogens is 504 g/mol. The molecule has 0 radical (unpaired) electrons. The third-order valence-electron chi connectivity index (χ3n) is 7.27. The molecular formula is C31H26N6O3. The predicted octanol–water partition coefficient (Wildman–Crippen LogP) is 5.97. The third-order valence-corrected chi connectivity index (χ3v) is 7.27. The lowest BCUT2D eigenvalue weighted by atomic mass is 9.95. The van der Waals surface area contributed by atoms with E-state index in [0.717, 1.165) is 56.2 Å². The largest absolute Gasteiger partial charge is 0.500 e. The van der Waals surface area contributed by atoms with E-state index in [4.69, 9.17) is 9.47 Å². The molecule has 0 spiro atoms. The Labute approximate surface area is 230 Å². The van der Waals surface area contributed by atoms with Crippen LogP contribution in [0.2, 0.25) is 0 Å². The summed E-state index contributed by atoms with van der Waals surface area (Å²) in [5.41, 5.74) is 8.33. The normalized spacial score (nSPS) is 13.6. The van der Waals surface area contributed by atoms with Gasteiger partial charge in [-0.1, -0.05) is 24.3 Å². The molecule has 5 aromatic rings. The van der Waals surface area contributed by atoms with Crippen LogP contribution in [-0.4, -0.2) is 32.0 Å². The molecule has 9 heteroatoms. The molecule has 7 rings (SSSR count). The molecule has 0 bridgehead atoms. The molecule has 0 atom stereocenters. The van der Waals surface area contributed by atoms with Crippen LogP contribution in [0.3, 0.4) is 0 Å².